The Balaban J connectivity index is 2.16. The van der Waals surface area contributed by atoms with Gasteiger partial charge in [-0.2, -0.15) is 0 Å². The molecule has 0 aliphatic rings. The smallest absolute Gasteiger partial charge is 0.0587 e. The van der Waals surface area contributed by atoms with Crippen molar-refractivity contribution in [3.63, 3.8) is 0 Å². The van der Waals surface area contributed by atoms with Crippen molar-refractivity contribution in [2.75, 3.05) is 6.61 Å². The van der Waals surface area contributed by atoms with Gasteiger partial charge in [0.2, 0.25) is 0 Å². The van der Waals surface area contributed by atoms with E-state index in [2.05, 4.69) is 44.2 Å². The van der Waals surface area contributed by atoms with Gasteiger partial charge in [-0.3, -0.25) is 0 Å². The molecular formula is C14H22O. The Morgan fingerprint density at radius 3 is 2.53 bits per heavy atom. The Labute approximate surface area is 93.5 Å². The molecule has 0 bridgehead atoms. The van der Waals surface area contributed by atoms with Gasteiger partial charge in [0.05, 0.1) is 6.10 Å². The quantitative estimate of drug-likeness (QED) is 0.616. The first-order valence-electron chi connectivity index (χ1n) is 5.98. The molecule has 0 aliphatic heterocycles. The Hall–Kier alpha value is -0.820. The zero-order chi connectivity index (χ0) is 10.9. The third kappa shape index (κ3) is 5.58. The van der Waals surface area contributed by atoms with Crippen LogP contribution in [0.5, 0.6) is 0 Å². The van der Waals surface area contributed by atoms with E-state index in [1.165, 1.54) is 24.8 Å². The molecule has 0 amide bonds. The van der Waals surface area contributed by atoms with Gasteiger partial charge in [0.15, 0.2) is 0 Å². The number of benzene rings is 1. The Kier molecular flexibility index (Phi) is 6.10. The summed E-state index contributed by atoms with van der Waals surface area (Å²) >= 11 is 0. The van der Waals surface area contributed by atoms with Crippen molar-refractivity contribution >= 4 is 0 Å². The lowest BCUT2D eigenvalue weighted by molar-refractivity contribution is 0.0637. The second kappa shape index (κ2) is 7.47. The number of hydrogen-bond acceptors (Lipinski definition) is 1. The molecule has 84 valence electrons. The SMILES string of the molecule is CCCCCO[C@@H](C)Cc1ccccc1. The lowest BCUT2D eigenvalue weighted by atomic mass is 10.1. The molecule has 1 nitrogen and oxygen atoms in total. The second-order valence-corrected chi connectivity index (χ2v) is 4.08. The first-order chi connectivity index (χ1) is 7.33. The van der Waals surface area contributed by atoms with E-state index in [1.54, 1.807) is 0 Å². The molecule has 0 saturated heterocycles. The molecule has 1 aromatic rings. The summed E-state index contributed by atoms with van der Waals surface area (Å²) in [5, 5.41) is 0. The summed E-state index contributed by atoms with van der Waals surface area (Å²) in [4.78, 5) is 0. The average molecular weight is 206 g/mol. The van der Waals surface area contributed by atoms with Gasteiger partial charge in [-0.1, -0.05) is 50.1 Å². The summed E-state index contributed by atoms with van der Waals surface area (Å²) in [6.45, 7) is 5.27. The first kappa shape index (κ1) is 12.3. The summed E-state index contributed by atoms with van der Waals surface area (Å²) in [5.41, 5.74) is 1.36. The summed E-state index contributed by atoms with van der Waals surface area (Å²) in [6.07, 6.45) is 5.08. The van der Waals surface area contributed by atoms with Crippen LogP contribution < -0.4 is 0 Å². The summed E-state index contributed by atoms with van der Waals surface area (Å²) < 4.78 is 5.75. The Morgan fingerprint density at radius 1 is 1.13 bits per heavy atom. The number of ether oxygens (including phenoxy) is 1. The normalized spacial score (nSPS) is 12.7. The molecule has 0 aromatic heterocycles. The van der Waals surface area contributed by atoms with Crippen LogP contribution in [-0.2, 0) is 11.2 Å². The van der Waals surface area contributed by atoms with Crippen LogP contribution in [0.1, 0.15) is 38.7 Å². The van der Waals surface area contributed by atoms with Gasteiger partial charge in [0.25, 0.3) is 0 Å². The first-order valence-corrected chi connectivity index (χ1v) is 5.98. The van der Waals surface area contributed by atoms with Crippen LogP contribution in [-0.4, -0.2) is 12.7 Å². The van der Waals surface area contributed by atoms with Crippen molar-refractivity contribution in [3.8, 4) is 0 Å². The highest BCUT2D eigenvalue weighted by Crippen LogP contribution is 2.06. The predicted molar refractivity (Wildman–Crippen MR) is 65.1 cm³/mol. The lowest BCUT2D eigenvalue weighted by Crippen LogP contribution is -2.12. The van der Waals surface area contributed by atoms with Gasteiger partial charge in [-0.25, -0.2) is 0 Å². The third-order valence-corrected chi connectivity index (χ3v) is 2.52. The van der Waals surface area contributed by atoms with Gasteiger partial charge < -0.3 is 4.74 Å². The van der Waals surface area contributed by atoms with Crippen LogP contribution in [0, 0.1) is 0 Å². The van der Waals surface area contributed by atoms with E-state index in [4.69, 9.17) is 4.74 Å². The molecule has 1 heteroatoms. The van der Waals surface area contributed by atoms with Gasteiger partial charge in [-0.05, 0) is 25.3 Å². The maximum absolute atomic E-state index is 5.75. The molecular weight excluding hydrogens is 184 g/mol. The monoisotopic (exact) mass is 206 g/mol. The van der Waals surface area contributed by atoms with E-state index in [9.17, 15) is 0 Å². The Bertz CT molecular complexity index is 243. The van der Waals surface area contributed by atoms with Crippen LogP contribution in [0.2, 0.25) is 0 Å². The molecule has 0 heterocycles. The fraction of sp³-hybridized carbons (Fsp3) is 0.571. The number of rotatable bonds is 7. The zero-order valence-electron chi connectivity index (χ0n) is 9.91. The standard InChI is InChI=1S/C14H22O/c1-3-4-8-11-15-13(2)12-14-9-6-5-7-10-14/h5-7,9-10,13H,3-4,8,11-12H2,1-2H3/t13-/m0/s1. The number of hydrogen-bond donors (Lipinski definition) is 0. The molecule has 0 spiro atoms. The van der Waals surface area contributed by atoms with E-state index in [1.807, 2.05) is 0 Å². The van der Waals surface area contributed by atoms with Crippen LogP contribution >= 0.6 is 0 Å². The molecule has 1 rings (SSSR count). The van der Waals surface area contributed by atoms with Gasteiger partial charge in [0, 0.05) is 6.61 Å². The fourth-order valence-corrected chi connectivity index (χ4v) is 1.64. The van der Waals surface area contributed by atoms with E-state index in [-0.39, 0.29) is 0 Å². The highest BCUT2D eigenvalue weighted by molar-refractivity contribution is 5.15. The highest BCUT2D eigenvalue weighted by atomic mass is 16.5. The minimum Gasteiger partial charge on any atom is -0.378 e. The van der Waals surface area contributed by atoms with Crippen LogP contribution in [0.4, 0.5) is 0 Å². The topological polar surface area (TPSA) is 9.23 Å². The highest BCUT2D eigenvalue weighted by Gasteiger charge is 2.02. The molecule has 0 N–H and O–H groups in total. The van der Waals surface area contributed by atoms with Gasteiger partial charge in [-0.15, -0.1) is 0 Å². The summed E-state index contributed by atoms with van der Waals surface area (Å²) in [5.74, 6) is 0. The maximum atomic E-state index is 5.75. The van der Waals surface area contributed by atoms with Crippen LogP contribution in [0.3, 0.4) is 0 Å². The fourth-order valence-electron chi connectivity index (χ4n) is 1.64. The summed E-state index contributed by atoms with van der Waals surface area (Å²) in [6, 6.07) is 10.5. The second-order valence-electron chi connectivity index (χ2n) is 4.08. The van der Waals surface area contributed by atoms with Crippen LogP contribution in [0.15, 0.2) is 30.3 Å². The average Bonchev–Trinajstić information content (AvgIpc) is 2.26. The lowest BCUT2D eigenvalue weighted by Gasteiger charge is -2.12. The van der Waals surface area contributed by atoms with Gasteiger partial charge in [0.1, 0.15) is 0 Å². The van der Waals surface area contributed by atoms with E-state index in [0.29, 0.717) is 6.10 Å². The molecule has 0 fully saturated rings. The van der Waals surface area contributed by atoms with Crippen LogP contribution in [0.25, 0.3) is 0 Å². The van der Waals surface area contributed by atoms with Crippen molar-refractivity contribution in [2.45, 2.75) is 45.6 Å². The largest absolute Gasteiger partial charge is 0.378 e. The van der Waals surface area contributed by atoms with Gasteiger partial charge >= 0.3 is 0 Å². The predicted octanol–water partition coefficient (Wildman–Crippen LogP) is 3.82. The minimum absolute atomic E-state index is 0.337. The van der Waals surface area contributed by atoms with Crippen molar-refractivity contribution in [1.29, 1.82) is 0 Å². The molecule has 0 radical (unpaired) electrons. The van der Waals surface area contributed by atoms with E-state index in [0.717, 1.165) is 13.0 Å². The zero-order valence-corrected chi connectivity index (χ0v) is 9.91. The molecule has 0 unspecified atom stereocenters. The van der Waals surface area contributed by atoms with E-state index < -0.39 is 0 Å². The Morgan fingerprint density at radius 2 is 1.87 bits per heavy atom. The van der Waals surface area contributed by atoms with Crippen molar-refractivity contribution in [3.05, 3.63) is 35.9 Å². The molecule has 0 aliphatic carbocycles. The van der Waals surface area contributed by atoms with Crippen molar-refractivity contribution < 1.29 is 4.74 Å². The number of unbranched alkanes of at least 4 members (excludes halogenated alkanes) is 2. The summed E-state index contributed by atoms with van der Waals surface area (Å²) in [7, 11) is 0. The molecule has 1 aromatic carbocycles. The van der Waals surface area contributed by atoms with Crippen molar-refractivity contribution in [1.82, 2.24) is 0 Å². The van der Waals surface area contributed by atoms with E-state index >= 15 is 0 Å². The molecule has 0 saturated carbocycles. The van der Waals surface area contributed by atoms with Crippen molar-refractivity contribution in [2.24, 2.45) is 0 Å². The molecule has 15 heavy (non-hydrogen) atoms. The minimum atomic E-state index is 0.337. The maximum Gasteiger partial charge on any atom is 0.0587 e. The third-order valence-electron chi connectivity index (χ3n) is 2.52. The molecule has 1 atom stereocenters.